The molecular weight excluding hydrogens is 559 g/mol. The van der Waals surface area contributed by atoms with Gasteiger partial charge < -0.3 is 19.3 Å². The lowest BCUT2D eigenvalue weighted by molar-refractivity contribution is -0.220. The van der Waals surface area contributed by atoms with Crippen LogP contribution in [0.25, 0.3) is 0 Å². The molecule has 5 heterocycles. The molecule has 1 aromatic rings. The third kappa shape index (κ3) is 4.83. The molecule has 0 spiro atoms. The van der Waals surface area contributed by atoms with E-state index in [2.05, 4.69) is 21.7 Å². The summed E-state index contributed by atoms with van der Waals surface area (Å²) in [6, 6.07) is 5.16. The van der Waals surface area contributed by atoms with Crippen LogP contribution in [0.5, 0.6) is 0 Å². The van der Waals surface area contributed by atoms with Crippen molar-refractivity contribution in [2.75, 3.05) is 26.7 Å². The van der Waals surface area contributed by atoms with Crippen LogP contribution in [0.3, 0.4) is 0 Å². The highest BCUT2D eigenvalue weighted by Gasteiger charge is 2.62. The number of hydrogen-bond acceptors (Lipinski definition) is 7. The number of carbonyl (C=O) groups is 2. The summed E-state index contributed by atoms with van der Waals surface area (Å²) >= 11 is 0. The van der Waals surface area contributed by atoms with E-state index in [1.807, 2.05) is 24.4 Å². The Labute approximate surface area is 260 Å². The first-order valence-electron chi connectivity index (χ1n) is 17.2. The minimum absolute atomic E-state index is 0.0178. The quantitative estimate of drug-likeness (QED) is 0.473. The van der Waals surface area contributed by atoms with Gasteiger partial charge in [0.1, 0.15) is 6.17 Å². The van der Waals surface area contributed by atoms with Crippen LogP contribution >= 0.6 is 0 Å². The van der Waals surface area contributed by atoms with Crippen LogP contribution in [0.2, 0.25) is 0 Å². The van der Waals surface area contributed by atoms with Crippen molar-refractivity contribution < 1.29 is 23.5 Å². The van der Waals surface area contributed by atoms with Crippen LogP contribution in [-0.2, 0) is 25.5 Å². The second-order valence-corrected chi connectivity index (χ2v) is 14.9. The molecule has 4 aliphatic heterocycles. The number of pyridine rings is 1. The first kappa shape index (κ1) is 29.1. The summed E-state index contributed by atoms with van der Waals surface area (Å²) in [5.41, 5.74) is 1.09. The second-order valence-electron chi connectivity index (χ2n) is 14.9. The lowest BCUT2D eigenvalue weighted by Gasteiger charge is -2.61. The van der Waals surface area contributed by atoms with Crippen molar-refractivity contribution in [1.29, 1.82) is 0 Å². The fraction of sp³-hybridized carbons (Fsp3) is 0.743. The van der Waals surface area contributed by atoms with Crippen LogP contribution in [0.4, 0.5) is 4.39 Å². The second kappa shape index (κ2) is 11.5. The average molecular weight is 607 g/mol. The molecule has 8 nitrogen and oxygen atoms in total. The van der Waals surface area contributed by atoms with Gasteiger partial charge in [0, 0.05) is 50.6 Å². The molecule has 0 aromatic carbocycles. The normalized spacial score (nSPS) is 43.0. The van der Waals surface area contributed by atoms with Crippen LogP contribution in [-0.4, -0.2) is 107 Å². The Morgan fingerprint density at radius 2 is 1.91 bits per heavy atom. The smallest absolute Gasteiger partial charge is 0.258 e. The molecule has 44 heavy (non-hydrogen) atoms. The zero-order chi connectivity index (χ0) is 30.1. The Bertz CT molecular complexity index is 1290. The maximum atomic E-state index is 16.4. The number of morpholine rings is 1. The maximum Gasteiger partial charge on any atom is 0.258 e. The SMILES string of the molecule is CC1CCN(C2C(F)CC3C(=O)C(C(=O)N(C)CCc4ccccn4)=CN4C5CC6OC7CCCCC7C6CC5OC2C34)C1. The van der Waals surface area contributed by atoms with Crippen molar-refractivity contribution >= 4 is 11.7 Å². The molecule has 0 radical (unpaired) electrons. The largest absolute Gasteiger partial charge is 0.374 e. The predicted molar refractivity (Wildman–Crippen MR) is 162 cm³/mol. The van der Waals surface area contributed by atoms with Gasteiger partial charge in [-0.05, 0) is 75.0 Å². The van der Waals surface area contributed by atoms with Gasteiger partial charge in [-0.25, -0.2) is 4.39 Å². The topological polar surface area (TPSA) is 75.2 Å². The summed E-state index contributed by atoms with van der Waals surface area (Å²) in [5.74, 6) is 0.485. The lowest BCUT2D eigenvalue weighted by Crippen LogP contribution is -2.73. The Hall–Kier alpha value is -2.36. The molecule has 3 aliphatic carbocycles. The highest BCUT2D eigenvalue weighted by atomic mass is 19.1. The van der Waals surface area contributed by atoms with Gasteiger partial charge in [-0.15, -0.1) is 0 Å². The van der Waals surface area contributed by atoms with Crippen molar-refractivity contribution in [2.45, 2.75) is 113 Å². The molecule has 0 N–H and O–H groups in total. The number of ether oxygens (including phenoxy) is 2. The number of halogens is 1. The molecule has 0 bridgehead atoms. The van der Waals surface area contributed by atoms with E-state index < -0.39 is 18.2 Å². The van der Waals surface area contributed by atoms with Crippen LogP contribution in [0.1, 0.15) is 64.0 Å². The van der Waals surface area contributed by atoms with Gasteiger partial charge in [-0.3, -0.25) is 19.5 Å². The molecule has 3 saturated heterocycles. The molecule has 9 heteroatoms. The number of carbonyl (C=O) groups excluding carboxylic acids is 2. The monoisotopic (exact) mass is 606 g/mol. The summed E-state index contributed by atoms with van der Waals surface area (Å²) in [5, 5.41) is 0. The zero-order valence-corrected chi connectivity index (χ0v) is 26.1. The number of likely N-dealkylation sites (N-methyl/N-ethyl adjacent to an activating group) is 1. The van der Waals surface area contributed by atoms with Crippen LogP contribution in [0.15, 0.2) is 36.2 Å². The summed E-state index contributed by atoms with van der Waals surface area (Å²) < 4.78 is 30.2. The zero-order valence-electron chi connectivity index (χ0n) is 26.1. The van der Waals surface area contributed by atoms with E-state index in [9.17, 15) is 9.59 Å². The number of amides is 1. The summed E-state index contributed by atoms with van der Waals surface area (Å²) in [6.45, 7) is 4.43. The van der Waals surface area contributed by atoms with E-state index in [1.165, 1.54) is 19.3 Å². The van der Waals surface area contributed by atoms with Crippen LogP contribution < -0.4 is 0 Å². The summed E-state index contributed by atoms with van der Waals surface area (Å²) in [6.07, 6.45) is 10.9. The number of aromatic nitrogens is 1. The van der Waals surface area contributed by atoms with Gasteiger partial charge in [0.2, 0.25) is 0 Å². The number of Topliss-reactive ketones (excluding diaryl/α,β-unsaturated/α-hetero) is 1. The van der Waals surface area contributed by atoms with Crippen molar-refractivity contribution in [3.63, 3.8) is 0 Å². The van der Waals surface area contributed by atoms with Crippen molar-refractivity contribution in [3.05, 3.63) is 41.9 Å². The van der Waals surface area contributed by atoms with Gasteiger partial charge >= 0.3 is 0 Å². The van der Waals surface area contributed by atoms with Gasteiger partial charge in [-0.2, -0.15) is 0 Å². The minimum atomic E-state index is -1.17. The maximum absolute atomic E-state index is 16.4. The number of likely N-dealkylation sites (tertiary alicyclic amines) is 1. The van der Waals surface area contributed by atoms with Gasteiger partial charge in [0.15, 0.2) is 5.78 Å². The van der Waals surface area contributed by atoms with Crippen LogP contribution in [0, 0.1) is 23.7 Å². The van der Waals surface area contributed by atoms with Crippen molar-refractivity contribution in [3.8, 4) is 0 Å². The lowest BCUT2D eigenvalue weighted by atomic mass is 9.67. The van der Waals surface area contributed by atoms with E-state index in [-0.39, 0.29) is 54.0 Å². The summed E-state index contributed by atoms with van der Waals surface area (Å²) in [7, 11) is 1.75. The molecular formula is C35H47FN4O4. The fourth-order valence-electron chi connectivity index (χ4n) is 10.2. The third-order valence-corrected chi connectivity index (χ3v) is 12.3. The highest BCUT2D eigenvalue weighted by molar-refractivity contribution is 6.20. The standard InChI is InChI=1S/C35H47FN4O4/c1-20-10-14-39(18-20)32-26(36)15-24-31-34(32)44-30-16-23-22-8-3-4-9-28(22)43-29(23)17-27(30)40(31)19-25(33(24)41)35(42)38(2)13-11-21-7-5-6-12-37-21/h5-7,12,19-20,22-24,26-32,34H,3-4,8-11,13-18H2,1-2H3. The van der Waals surface area contributed by atoms with Gasteiger partial charge in [-0.1, -0.05) is 25.8 Å². The van der Waals surface area contributed by atoms with E-state index >= 15 is 4.39 Å². The molecule has 8 rings (SSSR count). The van der Waals surface area contributed by atoms with E-state index in [0.29, 0.717) is 36.8 Å². The number of fused-ring (bicyclic) bond motifs is 5. The first-order chi connectivity index (χ1) is 21.4. The minimum Gasteiger partial charge on any atom is -0.374 e. The number of ketones is 1. The molecule has 1 amide bonds. The van der Waals surface area contributed by atoms with Gasteiger partial charge in [0.25, 0.3) is 5.91 Å². The Morgan fingerprint density at radius 3 is 2.70 bits per heavy atom. The number of hydrogen-bond donors (Lipinski definition) is 0. The average Bonchev–Trinajstić information content (AvgIpc) is 3.62. The molecule has 12 atom stereocenters. The first-order valence-corrected chi connectivity index (χ1v) is 17.2. The number of alkyl halides is 1. The van der Waals surface area contributed by atoms with Crippen molar-refractivity contribution in [1.82, 2.24) is 19.7 Å². The van der Waals surface area contributed by atoms with E-state index in [1.54, 1.807) is 18.1 Å². The van der Waals surface area contributed by atoms with Crippen molar-refractivity contribution in [2.24, 2.45) is 23.7 Å². The number of rotatable bonds is 5. The Morgan fingerprint density at radius 1 is 1.05 bits per heavy atom. The predicted octanol–water partition coefficient (Wildman–Crippen LogP) is 3.79. The Balaban J connectivity index is 1.11. The fourth-order valence-corrected chi connectivity index (χ4v) is 10.2. The highest BCUT2D eigenvalue weighted by Crippen LogP contribution is 2.53. The molecule has 12 unspecified atom stereocenters. The molecule has 238 valence electrons. The molecule has 1 aromatic heterocycles. The van der Waals surface area contributed by atoms with Gasteiger partial charge in [0.05, 0.1) is 48.1 Å². The van der Waals surface area contributed by atoms with E-state index in [4.69, 9.17) is 9.47 Å². The third-order valence-electron chi connectivity index (χ3n) is 12.3. The number of nitrogens with zero attached hydrogens (tertiary/aromatic N) is 4. The molecule has 6 fully saturated rings. The van der Waals surface area contributed by atoms with E-state index in [0.717, 1.165) is 44.5 Å². The Kier molecular flexibility index (Phi) is 7.57. The summed E-state index contributed by atoms with van der Waals surface area (Å²) in [4.78, 5) is 38.7. The molecule has 7 aliphatic rings. The molecule has 3 saturated carbocycles.